The molecule has 4 nitrogen and oxygen atoms in total. The standard InChI is InChI=1S/C10H18N2O2/c1-3-6-12-10(14)5-8-11(12)7-4-9(2)13/h3-8H2,1-2H3. The van der Waals surface area contributed by atoms with Crippen molar-refractivity contribution in [3.05, 3.63) is 0 Å². The minimum absolute atomic E-state index is 0.181. The van der Waals surface area contributed by atoms with Crippen LogP contribution in [0.2, 0.25) is 0 Å². The smallest absolute Gasteiger partial charge is 0.238 e. The van der Waals surface area contributed by atoms with Gasteiger partial charge in [0.25, 0.3) is 0 Å². The summed E-state index contributed by atoms with van der Waals surface area (Å²) in [7, 11) is 0. The molecule has 0 bridgehead atoms. The molecule has 0 atom stereocenters. The van der Waals surface area contributed by atoms with Gasteiger partial charge in [0.05, 0.1) is 0 Å². The molecule has 0 N–H and O–H groups in total. The van der Waals surface area contributed by atoms with Crippen LogP contribution >= 0.6 is 0 Å². The molecule has 0 aromatic heterocycles. The summed E-state index contributed by atoms with van der Waals surface area (Å²) >= 11 is 0. The van der Waals surface area contributed by atoms with E-state index in [0.717, 1.165) is 19.5 Å². The SMILES string of the molecule is CCCN1C(=O)CCN1CCC(C)=O. The van der Waals surface area contributed by atoms with Gasteiger partial charge in [0, 0.05) is 32.5 Å². The highest BCUT2D eigenvalue weighted by Crippen LogP contribution is 2.12. The highest BCUT2D eigenvalue weighted by Gasteiger charge is 2.27. The van der Waals surface area contributed by atoms with E-state index in [4.69, 9.17) is 0 Å². The largest absolute Gasteiger partial charge is 0.300 e. The molecule has 1 heterocycles. The van der Waals surface area contributed by atoms with E-state index >= 15 is 0 Å². The summed E-state index contributed by atoms with van der Waals surface area (Å²) in [5.41, 5.74) is 0. The number of amides is 1. The number of nitrogens with zero attached hydrogens (tertiary/aromatic N) is 2. The van der Waals surface area contributed by atoms with Crippen LogP contribution in [0.15, 0.2) is 0 Å². The third-order valence-corrected chi connectivity index (χ3v) is 2.37. The van der Waals surface area contributed by atoms with Crippen molar-refractivity contribution < 1.29 is 9.59 Å². The van der Waals surface area contributed by atoms with Crippen LogP contribution in [0, 0.1) is 0 Å². The van der Waals surface area contributed by atoms with Gasteiger partial charge in [-0.2, -0.15) is 0 Å². The van der Waals surface area contributed by atoms with Crippen LogP contribution in [0.3, 0.4) is 0 Å². The third-order valence-electron chi connectivity index (χ3n) is 2.37. The molecular formula is C10H18N2O2. The zero-order valence-electron chi connectivity index (χ0n) is 8.95. The first-order chi connectivity index (χ1) is 6.65. The molecule has 0 radical (unpaired) electrons. The molecule has 14 heavy (non-hydrogen) atoms. The molecule has 0 saturated carbocycles. The first-order valence-electron chi connectivity index (χ1n) is 5.19. The summed E-state index contributed by atoms with van der Waals surface area (Å²) in [5, 5.41) is 3.77. The lowest BCUT2D eigenvalue weighted by atomic mass is 10.3. The number of rotatable bonds is 5. The van der Waals surface area contributed by atoms with E-state index in [9.17, 15) is 9.59 Å². The molecule has 1 aliphatic heterocycles. The van der Waals surface area contributed by atoms with Crippen molar-refractivity contribution in [2.45, 2.75) is 33.1 Å². The number of Topliss-reactive ketones (excluding diaryl/α,β-unsaturated/α-hetero) is 1. The number of carbonyl (C=O) groups excluding carboxylic acids is 2. The molecule has 0 spiro atoms. The predicted molar refractivity (Wildman–Crippen MR) is 53.5 cm³/mol. The van der Waals surface area contributed by atoms with Crippen molar-refractivity contribution in [2.24, 2.45) is 0 Å². The monoisotopic (exact) mass is 198 g/mol. The van der Waals surface area contributed by atoms with Crippen LogP contribution in [0.5, 0.6) is 0 Å². The number of ketones is 1. The van der Waals surface area contributed by atoms with Crippen LogP contribution in [0.25, 0.3) is 0 Å². The summed E-state index contributed by atoms with van der Waals surface area (Å²) in [6.45, 7) is 5.86. The Morgan fingerprint density at radius 3 is 2.71 bits per heavy atom. The second-order valence-corrected chi connectivity index (χ2v) is 3.67. The Labute approximate surface area is 84.8 Å². The molecule has 0 aromatic carbocycles. The van der Waals surface area contributed by atoms with Crippen molar-refractivity contribution in [1.82, 2.24) is 10.0 Å². The maximum Gasteiger partial charge on any atom is 0.238 e. The Bertz CT molecular complexity index is 228. The van der Waals surface area contributed by atoms with Gasteiger partial charge in [-0.15, -0.1) is 0 Å². The van der Waals surface area contributed by atoms with Gasteiger partial charge in [-0.05, 0) is 13.3 Å². The lowest BCUT2D eigenvalue weighted by Gasteiger charge is -2.27. The van der Waals surface area contributed by atoms with E-state index in [2.05, 4.69) is 6.92 Å². The fraction of sp³-hybridized carbons (Fsp3) is 0.800. The van der Waals surface area contributed by atoms with Crippen molar-refractivity contribution in [1.29, 1.82) is 0 Å². The van der Waals surface area contributed by atoms with Gasteiger partial charge >= 0.3 is 0 Å². The van der Waals surface area contributed by atoms with Crippen LogP contribution in [-0.4, -0.2) is 41.3 Å². The summed E-state index contributed by atoms with van der Waals surface area (Å²) in [6.07, 6.45) is 2.09. The predicted octanol–water partition coefficient (Wildman–Crippen LogP) is 0.825. The normalized spacial score (nSPS) is 17.9. The molecule has 80 valence electrons. The van der Waals surface area contributed by atoms with Crippen molar-refractivity contribution >= 4 is 11.7 Å². The number of hydrogen-bond acceptors (Lipinski definition) is 3. The minimum Gasteiger partial charge on any atom is -0.300 e. The molecule has 0 aromatic rings. The second-order valence-electron chi connectivity index (χ2n) is 3.67. The summed E-state index contributed by atoms with van der Waals surface area (Å²) in [5.74, 6) is 0.371. The Balaban J connectivity index is 2.42. The molecule has 0 unspecified atom stereocenters. The van der Waals surface area contributed by atoms with Crippen molar-refractivity contribution in [3.8, 4) is 0 Å². The Kier molecular flexibility index (Phi) is 4.07. The first-order valence-corrected chi connectivity index (χ1v) is 5.19. The van der Waals surface area contributed by atoms with Crippen LogP contribution in [-0.2, 0) is 9.59 Å². The van der Waals surface area contributed by atoms with Crippen molar-refractivity contribution in [2.75, 3.05) is 19.6 Å². The van der Waals surface area contributed by atoms with E-state index in [1.165, 1.54) is 0 Å². The molecule has 1 rings (SSSR count). The molecule has 1 saturated heterocycles. The quantitative estimate of drug-likeness (QED) is 0.657. The lowest BCUT2D eigenvalue weighted by molar-refractivity contribution is -0.138. The van der Waals surface area contributed by atoms with Gasteiger partial charge in [0.15, 0.2) is 0 Å². The number of hydrogen-bond donors (Lipinski definition) is 0. The van der Waals surface area contributed by atoms with Crippen LogP contribution < -0.4 is 0 Å². The molecule has 1 fully saturated rings. The molecule has 0 aliphatic carbocycles. The molecule has 1 amide bonds. The van der Waals surface area contributed by atoms with Crippen molar-refractivity contribution in [3.63, 3.8) is 0 Å². The number of hydrazine groups is 1. The van der Waals surface area contributed by atoms with Gasteiger partial charge in [-0.3, -0.25) is 14.6 Å². The Morgan fingerprint density at radius 2 is 2.14 bits per heavy atom. The van der Waals surface area contributed by atoms with E-state index in [1.807, 2.05) is 5.01 Å². The van der Waals surface area contributed by atoms with E-state index in [0.29, 0.717) is 19.4 Å². The fourth-order valence-corrected chi connectivity index (χ4v) is 1.63. The lowest BCUT2D eigenvalue weighted by Crippen LogP contribution is -2.40. The molecule has 1 aliphatic rings. The van der Waals surface area contributed by atoms with E-state index in [1.54, 1.807) is 11.9 Å². The van der Waals surface area contributed by atoms with Gasteiger partial charge in [0.2, 0.25) is 5.91 Å². The Morgan fingerprint density at radius 1 is 1.43 bits per heavy atom. The average Bonchev–Trinajstić information content (AvgIpc) is 2.46. The van der Waals surface area contributed by atoms with Crippen LogP contribution in [0.1, 0.15) is 33.1 Å². The third kappa shape index (κ3) is 2.80. The molecule has 4 heteroatoms. The molecular weight excluding hydrogens is 180 g/mol. The maximum absolute atomic E-state index is 11.4. The summed E-state index contributed by atoms with van der Waals surface area (Å²) < 4.78 is 0. The summed E-state index contributed by atoms with van der Waals surface area (Å²) in [6, 6.07) is 0. The first kappa shape index (κ1) is 11.2. The van der Waals surface area contributed by atoms with Gasteiger partial charge in [0.1, 0.15) is 5.78 Å². The van der Waals surface area contributed by atoms with E-state index in [-0.39, 0.29) is 11.7 Å². The van der Waals surface area contributed by atoms with Gasteiger partial charge < -0.3 is 0 Å². The Hall–Kier alpha value is -0.900. The topological polar surface area (TPSA) is 40.6 Å². The van der Waals surface area contributed by atoms with E-state index < -0.39 is 0 Å². The van der Waals surface area contributed by atoms with Gasteiger partial charge in [-0.1, -0.05) is 6.92 Å². The second kappa shape index (κ2) is 5.10. The minimum atomic E-state index is 0.181. The highest BCUT2D eigenvalue weighted by molar-refractivity contribution is 5.78. The number of carbonyl (C=O) groups is 2. The summed E-state index contributed by atoms with van der Waals surface area (Å²) in [4.78, 5) is 22.2. The fourth-order valence-electron chi connectivity index (χ4n) is 1.63. The zero-order chi connectivity index (χ0) is 10.6. The maximum atomic E-state index is 11.4. The average molecular weight is 198 g/mol. The van der Waals surface area contributed by atoms with Crippen LogP contribution in [0.4, 0.5) is 0 Å². The zero-order valence-corrected chi connectivity index (χ0v) is 8.95. The van der Waals surface area contributed by atoms with Gasteiger partial charge in [-0.25, -0.2) is 5.01 Å². The highest BCUT2D eigenvalue weighted by atomic mass is 16.2.